The van der Waals surface area contributed by atoms with Gasteiger partial charge in [0, 0.05) is 22.1 Å². The van der Waals surface area contributed by atoms with Gasteiger partial charge in [0.05, 0.1) is 17.8 Å². The highest BCUT2D eigenvalue weighted by molar-refractivity contribution is 7.99. The van der Waals surface area contributed by atoms with Gasteiger partial charge in [0.15, 0.2) is 0 Å². The number of aromatic carboxylic acids is 1. The SMILES string of the molecule is CC(C)(C)OC(=O)NC1CSc2ccc(C(=O)O)cc2N(Cc2ccc(-c3noc(C4CC4)n3)cc2)C1=O. The number of carboxylic acid groups (broad SMARTS) is 1. The normalized spacial score (nSPS) is 17.5. The van der Waals surface area contributed by atoms with Crippen molar-refractivity contribution in [2.24, 2.45) is 0 Å². The zero-order valence-corrected chi connectivity index (χ0v) is 22.1. The van der Waals surface area contributed by atoms with Gasteiger partial charge >= 0.3 is 12.1 Å². The quantitative estimate of drug-likeness (QED) is 0.453. The number of carbonyl (C=O) groups excluding carboxylic acids is 2. The van der Waals surface area contributed by atoms with Crippen molar-refractivity contribution in [3.8, 4) is 11.4 Å². The molecule has 198 valence electrons. The minimum absolute atomic E-state index is 0.0691. The van der Waals surface area contributed by atoms with Gasteiger partial charge in [0.1, 0.15) is 11.6 Å². The number of rotatable bonds is 6. The predicted molar refractivity (Wildman–Crippen MR) is 140 cm³/mol. The monoisotopic (exact) mass is 536 g/mol. The summed E-state index contributed by atoms with van der Waals surface area (Å²) in [5.74, 6) is 0.354. The maximum absolute atomic E-state index is 13.7. The molecular formula is C27H28N4O6S. The summed E-state index contributed by atoms with van der Waals surface area (Å²) >= 11 is 1.37. The van der Waals surface area contributed by atoms with E-state index in [9.17, 15) is 19.5 Å². The molecule has 0 saturated heterocycles. The van der Waals surface area contributed by atoms with E-state index in [1.807, 2.05) is 24.3 Å². The maximum Gasteiger partial charge on any atom is 0.408 e. The fourth-order valence-electron chi connectivity index (χ4n) is 4.04. The predicted octanol–water partition coefficient (Wildman–Crippen LogP) is 4.84. The molecule has 2 aliphatic rings. The molecule has 2 N–H and O–H groups in total. The highest BCUT2D eigenvalue weighted by atomic mass is 32.2. The van der Waals surface area contributed by atoms with Crippen molar-refractivity contribution in [1.82, 2.24) is 15.5 Å². The van der Waals surface area contributed by atoms with Gasteiger partial charge in [-0.3, -0.25) is 4.79 Å². The van der Waals surface area contributed by atoms with Gasteiger partial charge < -0.3 is 24.6 Å². The number of thioether (sulfide) groups is 1. The number of carbonyl (C=O) groups is 3. The molecular weight excluding hydrogens is 508 g/mol. The van der Waals surface area contributed by atoms with Crippen LogP contribution in [0.4, 0.5) is 10.5 Å². The minimum atomic E-state index is -1.09. The lowest BCUT2D eigenvalue weighted by molar-refractivity contribution is -0.120. The van der Waals surface area contributed by atoms with Crippen LogP contribution in [0.5, 0.6) is 0 Å². The van der Waals surface area contributed by atoms with Crippen LogP contribution in [-0.2, 0) is 16.1 Å². The van der Waals surface area contributed by atoms with Crippen LogP contribution in [0.3, 0.4) is 0 Å². The molecule has 11 heteroatoms. The van der Waals surface area contributed by atoms with Crippen LogP contribution >= 0.6 is 11.8 Å². The van der Waals surface area contributed by atoms with E-state index in [0.29, 0.717) is 23.3 Å². The summed E-state index contributed by atoms with van der Waals surface area (Å²) in [7, 11) is 0. The third-order valence-corrected chi connectivity index (χ3v) is 7.23. The van der Waals surface area contributed by atoms with Crippen LogP contribution in [0.15, 0.2) is 51.9 Å². The van der Waals surface area contributed by atoms with E-state index in [2.05, 4.69) is 15.5 Å². The fourth-order valence-corrected chi connectivity index (χ4v) is 5.09. The van der Waals surface area contributed by atoms with Crippen molar-refractivity contribution in [2.75, 3.05) is 10.7 Å². The first-order chi connectivity index (χ1) is 18.1. The summed E-state index contributed by atoms with van der Waals surface area (Å²) in [5.41, 5.74) is 1.43. The van der Waals surface area contributed by atoms with Gasteiger partial charge in [-0.1, -0.05) is 29.4 Å². The fraction of sp³-hybridized carbons (Fsp3) is 0.370. The molecule has 0 spiro atoms. The van der Waals surface area contributed by atoms with E-state index in [0.717, 1.165) is 28.9 Å². The third kappa shape index (κ3) is 5.83. The third-order valence-electron chi connectivity index (χ3n) is 6.08. The number of fused-ring (bicyclic) bond motifs is 1. The Hall–Kier alpha value is -3.86. The summed E-state index contributed by atoms with van der Waals surface area (Å²) in [6.07, 6.45) is 1.44. The zero-order valence-electron chi connectivity index (χ0n) is 21.3. The molecule has 3 aromatic rings. The number of carboxylic acids is 1. The largest absolute Gasteiger partial charge is 0.478 e. The zero-order chi connectivity index (χ0) is 27.0. The van der Waals surface area contributed by atoms with Gasteiger partial charge in [-0.05, 0) is 57.4 Å². The lowest BCUT2D eigenvalue weighted by Gasteiger charge is -2.27. The Morgan fingerprint density at radius 3 is 2.58 bits per heavy atom. The summed E-state index contributed by atoms with van der Waals surface area (Å²) in [6, 6.07) is 11.3. The van der Waals surface area contributed by atoms with Gasteiger partial charge in [-0.25, -0.2) is 9.59 Å². The van der Waals surface area contributed by atoms with E-state index < -0.39 is 23.7 Å². The first-order valence-corrected chi connectivity index (χ1v) is 13.3. The van der Waals surface area contributed by atoms with Gasteiger partial charge in [-0.15, -0.1) is 11.8 Å². The Kier molecular flexibility index (Phi) is 6.87. The van der Waals surface area contributed by atoms with Crippen molar-refractivity contribution in [3.63, 3.8) is 0 Å². The number of nitrogens with zero attached hydrogens (tertiary/aromatic N) is 3. The van der Waals surface area contributed by atoms with Gasteiger partial charge in [-0.2, -0.15) is 4.98 Å². The second kappa shape index (κ2) is 10.1. The minimum Gasteiger partial charge on any atom is -0.478 e. The molecule has 2 aromatic carbocycles. The molecule has 5 rings (SSSR count). The molecule has 2 heterocycles. The summed E-state index contributed by atoms with van der Waals surface area (Å²) in [5, 5.41) is 16.3. The Morgan fingerprint density at radius 2 is 1.92 bits per heavy atom. The lowest BCUT2D eigenvalue weighted by Crippen LogP contribution is -2.50. The number of ether oxygens (including phenoxy) is 1. The second-order valence-corrected chi connectivity index (χ2v) is 11.4. The van der Waals surface area contributed by atoms with Gasteiger partial charge in [0.25, 0.3) is 5.91 Å². The summed E-state index contributed by atoms with van der Waals surface area (Å²) in [4.78, 5) is 44.6. The van der Waals surface area contributed by atoms with Gasteiger partial charge in [0.2, 0.25) is 11.7 Å². The number of nitrogens with one attached hydrogen (secondary N) is 1. The standard InChI is InChI=1S/C27H28N4O6S/c1-27(2,3)36-26(35)28-19-14-38-21-11-10-18(25(33)34)12-20(21)31(24(19)32)13-15-4-6-16(7-5-15)22-29-23(37-30-22)17-8-9-17/h4-7,10-12,17,19H,8-9,13-14H2,1-3H3,(H,28,35)(H,33,34). The topological polar surface area (TPSA) is 135 Å². The average Bonchev–Trinajstić information content (AvgIpc) is 3.61. The van der Waals surface area contributed by atoms with Crippen molar-refractivity contribution in [3.05, 3.63) is 59.5 Å². The Labute approximate surface area is 223 Å². The molecule has 0 bridgehead atoms. The molecule has 10 nitrogen and oxygen atoms in total. The molecule has 1 saturated carbocycles. The molecule has 1 aromatic heterocycles. The van der Waals surface area contributed by atoms with Crippen LogP contribution in [0, 0.1) is 0 Å². The molecule has 0 radical (unpaired) electrons. The molecule has 1 fully saturated rings. The molecule has 1 aliphatic carbocycles. The van der Waals surface area contributed by atoms with E-state index in [1.165, 1.54) is 28.8 Å². The van der Waals surface area contributed by atoms with Crippen LogP contribution in [0.1, 0.15) is 61.3 Å². The van der Waals surface area contributed by atoms with Crippen LogP contribution in [0.25, 0.3) is 11.4 Å². The average molecular weight is 537 g/mol. The Balaban J connectivity index is 1.41. The molecule has 2 amide bonds. The number of alkyl carbamates (subject to hydrolysis) is 1. The Morgan fingerprint density at radius 1 is 1.18 bits per heavy atom. The number of hydrogen-bond donors (Lipinski definition) is 2. The lowest BCUT2D eigenvalue weighted by atomic mass is 10.1. The Bertz CT molecular complexity index is 1380. The second-order valence-electron chi connectivity index (χ2n) is 10.3. The maximum atomic E-state index is 13.7. The van der Waals surface area contributed by atoms with E-state index in [4.69, 9.17) is 9.26 Å². The van der Waals surface area contributed by atoms with Crippen LogP contribution in [-0.4, -0.2) is 50.6 Å². The highest BCUT2D eigenvalue weighted by Gasteiger charge is 2.34. The van der Waals surface area contributed by atoms with E-state index >= 15 is 0 Å². The van der Waals surface area contributed by atoms with Crippen molar-refractivity contribution < 1.29 is 28.8 Å². The molecule has 1 atom stereocenters. The smallest absolute Gasteiger partial charge is 0.408 e. The molecule has 1 aliphatic heterocycles. The summed E-state index contributed by atoms with van der Waals surface area (Å²) < 4.78 is 10.7. The molecule has 38 heavy (non-hydrogen) atoms. The number of benzene rings is 2. The van der Waals surface area contributed by atoms with E-state index in [1.54, 1.807) is 26.8 Å². The molecule has 1 unspecified atom stereocenters. The first kappa shape index (κ1) is 25.8. The van der Waals surface area contributed by atoms with Crippen molar-refractivity contribution in [2.45, 2.75) is 62.6 Å². The number of hydrogen-bond acceptors (Lipinski definition) is 8. The van der Waals surface area contributed by atoms with Crippen molar-refractivity contribution in [1.29, 1.82) is 0 Å². The van der Waals surface area contributed by atoms with Crippen LogP contribution in [0.2, 0.25) is 0 Å². The van der Waals surface area contributed by atoms with Crippen molar-refractivity contribution >= 4 is 35.4 Å². The number of amides is 2. The number of anilines is 1. The van der Waals surface area contributed by atoms with Crippen LogP contribution < -0.4 is 10.2 Å². The van der Waals surface area contributed by atoms with E-state index in [-0.39, 0.29) is 23.8 Å². The summed E-state index contributed by atoms with van der Waals surface area (Å²) in [6.45, 7) is 5.41. The number of aromatic nitrogens is 2. The first-order valence-electron chi connectivity index (χ1n) is 12.3. The highest BCUT2D eigenvalue weighted by Crippen LogP contribution is 2.40.